The van der Waals surface area contributed by atoms with E-state index >= 15 is 0 Å². The Morgan fingerprint density at radius 3 is 2.56 bits per heavy atom. The summed E-state index contributed by atoms with van der Waals surface area (Å²) < 4.78 is 0. The lowest BCUT2D eigenvalue weighted by atomic mass is 9.85. The molecule has 1 aromatic carbocycles. The number of rotatable bonds is 3. The van der Waals surface area contributed by atoms with Gasteiger partial charge in [0, 0.05) is 6.42 Å². The maximum Gasteiger partial charge on any atom is 0.117 e. The average molecular weight is 242 g/mol. The van der Waals surface area contributed by atoms with Gasteiger partial charge >= 0.3 is 0 Å². The zero-order valence-electron chi connectivity index (χ0n) is 10.9. The van der Waals surface area contributed by atoms with Gasteiger partial charge in [-0.05, 0) is 30.7 Å². The average Bonchev–Trinajstić information content (AvgIpc) is 2.45. The largest absolute Gasteiger partial charge is 0.380 e. The minimum absolute atomic E-state index is 0.402. The number of aliphatic hydroxyl groups is 1. The van der Waals surface area contributed by atoms with Crippen LogP contribution in [0.5, 0.6) is 0 Å². The molecule has 0 unspecified atom stereocenters. The van der Waals surface area contributed by atoms with Crippen molar-refractivity contribution in [3.8, 4) is 11.8 Å². The molecule has 0 saturated heterocycles. The van der Waals surface area contributed by atoms with Gasteiger partial charge in [0.05, 0.1) is 0 Å². The summed E-state index contributed by atoms with van der Waals surface area (Å²) in [5, 5.41) is 10.00. The molecule has 0 heterocycles. The summed E-state index contributed by atoms with van der Waals surface area (Å²) >= 11 is 0. The minimum atomic E-state index is -0.402. The van der Waals surface area contributed by atoms with Crippen LogP contribution in [-0.2, 0) is 6.42 Å². The van der Waals surface area contributed by atoms with Crippen molar-refractivity contribution in [2.75, 3.05) is 0 Å². The van der Waals surface area contributed by atoms with E-state index in [4.69, 9.17) is 0 Å². The van der Waals surface area contributed by atoms with Crippen LogP contribution in [0, 0.1) is 17.8 Å². The quantitative estimate of drug-likeness (QED) is 0.803. The molecule has 1 N–H and O–H groups in total. The minimum Gasteiger partial charge on any atom is -0.380 e. The number of hydrogen-bond donors (Lipinski definition) is 1. The van der Waals surface area contributed by atoms with Gasteiger partial charge in [0.1, 0.15) is 6.10 Å². The second-order valence-corrected chi connectivity index (χ2v) is 5.15. The van der Waals surface area contributed by atoms with E-state index in [0.717, 1.165) is 25.7 Å². The molecule has 1 aliphatic rings. The third kappa shape index (κ3) is 4.20. The Bertz CT molecular complexity index is 393. The van der Waals surface area contributed by atoms with Crippen LogP contribution in [0.4, 0.5) is 0 Å². The molecule has 96 valence electrons. The molecule has 1 aliphatic carbocycles. The van der Waals surface area contributed by atoms with Crippen molar-refractivity contribution in [1.82, 2.24) is 0 Å². The number of aryl methyl sites for hydroxylation is 1. The van der Waals surface area contributed by atoms with Crippen LogP contribution in [0.25, 0.3) is 0 Å². The maximum absolute atomic E-state index is 10.00. The van der Waals surface area contributed by atoms with Crippen molar-refractivity contribution < 1.29 is 5.11 Å². The van der Waals surface area contributed by atoms with Crippen molar-refractivity contribution >= 4 is 0 Å². The van der Waals surface area contributed by atoms with Crippen LogP contribution < -0.4 is 0 Å². The highest BCUT2D eigenvalue weighted by molar-refractivity contribution is 5.17. The number of benzene rings is 1. The molecule has 2 rings (SSSR count). The van der Waals surface area contributed by atoms with Crippen molar-refractivity contribution in [3.05, 3.63) is 35.9 Å². The summed E-state index contributed by atoms with van der Waals surface area (Å²) in [6, 6.07) is 10.4. The molecule has 1 saturated carbocycles. The predicted molar refractivity (Wildman–Crippen MR) is 75.1 cm³/mol. The van der Waals surface area contributed by atoms with E-state index in [1.54, 1.807) is 0 Å². The molecule has 1 fully saturated rings. The van der Waals surface area contributed by atoms with E-state index < -0.39 is 6.10 Å². The maximum atomic E-state index is 10.00. The molecule has 0 radical (unpaired) electrons. The highest BCUT2D eigenvalue weighted by Gasteiger charge is 2.19. The molecule has 0 aliphatic heterocycles. The molecule has 0 amide bonds. The summed E-state index contributed by atoms with van der Waals surface area (Å²) in [7, 11) is 0. The Balaban J connectivity index is 1.74. The summed E-state index contributed by atoms with van der Waals surface area (Å²) in [6.07, 6.45) is 7.55. The van der Waals surface area contributed by atoms with Crippen molar-refractivity contribution in [2.24, 2.45) is 5.92 Å². The summed E-state index contributed by atoms with van der Waals surface area (Å²) in [5.41, 5.74) is 1.32. The van der Waals surface area contributed by atoms with E-state index in [1.165, 1.54) is 24.8 Å². The third-order valence-corrected chi connectivity index (χ3v) is 3.73. The Morgan fingerprint density at radius 1 is 1.11 bits per heavy atom. The summed E-state index contributed by atoms with van der Waals surface area (Å²) in [6.45, 7) is 0. The molecular weight excluding hydrogens is 220 g/mol. The van der Waals surface area contributed by atoms with Crippen molar-refractivity contribution in [3.63, 3.8) is 0 Å². The molecule has 1 heteroatoms. The Labute approximate surface area is 110 Å². The van der Waals surface area contributed by atoms with Gasteiger partial charge in [-0.2, -0.15) is 0 Å². The first-order chi connectivity index (χ1) is 8.86. The number of aliphatic hydroxyl groups excluding tert-OH is 1. The zero-order valence-corrected chi connectivity index (χ0v) is 10.9. The van der Waals surface area contributed by atoms with Crippen LogP contribution in [-0.4, -0.2) is 11.2 Å². The predicted octanol–water partition coefficient (Wildman–Crippen LogP) is 3.56. The monoisotopic (exact) mass is 242 g/mol. The van der Waals surface area contributed by atoms with Crippen LogP contribution in [0.2, 0.25) is 0 Å². The second-order valence-electron chi connectivity index (χ2n) is 5.15. The lowest BCUT2D eigenvalue weighted by molar-refractivity contribution is 0.133. The first-order valence-corrected chi connectivity index (χ1v) is 7.06. The van der Waals surface area contributed by atoms with Crippen LogP contribution in [0.15, 0.2) is 30.3 Å². The first-order valence-electron chi connectivity index (χ1n) is 7.06. The SMILES string of the molecule is O[C@@H](C#CCCc1ccccc1)C1CCCCC1. The number of hydrogen-bond acceptors (Lipinski definition) is 1. The molecule has 0 spiro atoms. The van der Waals surface area contributed by atoms with Gasteiger partial charge in [0.2, 0.25) is 0 Å². The van der Waals surface area contributed by atoms with Gasteiger partial charge in [-0.3, -0.25) is 0 Å². The highest BCUT2D eigenvalue weighted by atomic mass is 16.3. The lowest BCUT2D eigenvalue weighted by Crippen LogP contribution is -2.21. The third-order valence-electron chi connectivity index (χ3n) is 3.73. The molecule has 1 aromatic rings. The van der Waals surface area contributed by atoms with Crippen molar-refractivity contribution in [1.29, 1.82) is 0 Å². The highest BCUT2D eigenvalue weighted by Crippen LogP contribution is 2.26. The van der Waals surface area contributed by atoms with E-state index in [0.29, 0.717) is 5.92 Å². The van der Waals surface area contributed by atoms with Gasteiger partial charge in [0.25, 0.3) is 0 Å². The Morgan fingerprint density at radius 2 is 1.83 bits per heavy atom. The Kier molecular flexibility index (Phi) is 5.30. The molecule has 1 atom stereocenters. The summed E-state index contributed by atoms with van der Waals surface area (Å²) in [5.74, 6) is 6.58. The van der Waals surface area contributed by atoms with E-state index in [9.17, 15) is 5.11 Å². The topological polar surface area (TPSA) is 20.2 Å². The van der Waals surface area contributed by atoms with E-state index in [1.807, 2.05) is 6.07 Å². The smallest absolute Gasteiger partial charge is 0.117 e. The fourth-order valence-corrected chi connectivity index (χ4v) is 2.60. The summed E-state index contributed by atoms with van der Waals surface area (Å²) in [4.78, 5) is 0. The van der Waals surface area contributed by atoms with Crippen LogP contribution in [0.3, 0.4) is 0 Å². The van der Waals surface area contributed by atoms with Gasteiger partial charge in [-0.25, -0.2) is 0 Å². The van der Waals surface area contributed by atoms with Gasteiger partial charge < -0.3 is 5.11 Å². The zero-order chi connectivity index (χ0) is 12.6. The first kappa shape index (κ1) is 13.2. The molecule has 0 aromatic heterocycles. The fraction of sp³-hybridized carbons (Fsp3) is 0.529. The standard InChI is InChI=1S/C17H22O/c18-17(16-12-5-2-6-13-16)14-8-7-11-15-9-3-1-4-10-15/h1,3-4,9-10,16-18H,2,5-7,11-13H2/t17-/m0/s1. The van der Waals surface area contributed by atoms with Gasteiger partial charge in [0.15, 0.2) is 0 Å². The van der Waals surface area contributed by atoms with Gasteiger partial charge in [-0.15, -0.1) is 5.92 Å². The molecule has 1 nitrogen and oxygen atoms in total. The lowest BCUT2D eigenvalue weighted by Gasteiger charge is -2.23. The molecular formula is C17H22O. The second kappa shape index (κ2) is 7.24. The van der Waals surface area contributed by atoms with Crippen molar-refractivity contribution in [2.45, 2.75) is 51.0 Å². The molecule has 0 bridgehead atoms. The van der Waals surface area contributed by atoms with E-state index in [-0.39, 0.29) is 0 Å². The van der Waals surface area contributed by atoms with Crippen LogP contribution >= 0.6 is 0 Å². The fourth-order valence-electron chi connectivity index (χ4n) is 2.60. The molecule has 18 heavy (non-hydrogen) atoms. The normalized spacial score (nSPS) is 17.8. The van der Waals surface area contributed by atoms with E-state index in [2.05, 4.69) is 36.1 Å². The van der Waals surface area contributed by atoms with Crippen LogP contribution in [0.1, 0.15) is 44.1 Å². The van der Waals surface area contributed by atoms with Gasteiger partial charge in [-0.1, -0.05) is 55.5 Å². The Hall–Kier alpha value is -1.26.